The van der Waals surface area contributed by atoms with E-state index in [1.807, 2.05) is 33.8 Å². The van der Waals surface area contributed by atoms with Crippen LogP contribution < -0.4 is 4.31 Å². The normalized spacial score (nSPS) is 14.4. The summed E-state index contributed by atoms with van der Waals surface area (Å²) in [6.07, 6.45) is 10.1. The molecule has 0 fully saturated rings. The number of anilines is 1. The van der Waals surface area contributed by atoms with Crippen molar-refractivity contribution in [1.29, 1.82) is 0 Å². The van der Waals surface area contributed by atoms with E-state index < -0.39 is 5.97 Å². The van der Waals surface area contributed by atoms with Crippen LogP contribution in [0.3, 0.4) is 0 Å². The van der Waals surface area contributed by atoms with Crippen molar-refractivity contribution in [2.75, 3.05) is 37.8 Å². The predicted octanol–water partition coefficient (Wildman–Crippen LogP) is 4.77. The number of halogens is 1. The van der Waals surface area contributed by atoms with Gasteiger partial charge in [0.15, 0.2) is 11.5 Å². The summed E-state index contributed by atoms with van der Waals surface area (Å²) in [5.74, 6) is -0.0317. The maximum Gasteiger partial charge on any atom is 0.330 e. The van der Waals surface area contributed by atoms with Gasteiger partial charge in [-0.1, -0.05) is 18.0 Å². The van der Waals surface area contributed by atoms with E-state index in [-0.39, 0.29) is 5.82 Å². The molecule has 1 aliphatic heterocycles. The third-order valence-corrected chi connectivity index (χ3v) is 7.60. The Labute approximate surface area is 222 Å². The minimum Gasteiger partial charge on any atom is -0.466 e. The molecule has 1 aromatic carbocycles. The number of carbonyl (C=O) groups is 1. The molecule has 0 spiro atoms. The van der Waals surface area contributed by atoms with Gasteiger partial charge in [0, 0.05) is 31.8 Å². The Bertz CT molecular complexity index is 1460. The van der Waals surface area contributed by atoms with Crippen LogP contribution in [-0.4, -0.2) is 67.6 Å². The molecule has 0 atom stereocenters. The lowest BCUT2D eigenvalue weighted by Gasteiger charge is -2.24. The van der Waals surface area contributed by atoms with E-state index in [9.17, 15) is 9.18 Å². The van der Waals surface area contributed by atoms with Gasteiger partial charge in [-0.25, -0.2) is 22.6 Å². The molecule has 192 valence electrons. The number of aromatic amines is 1. The van der Waals surface area contributed by atoms with Gasteiger partial charge in [0.1, 0.15) is 11.5 Å². The van der Waals surface area contributed by atoms with Crippen LogP contribution in [0, 0.1) is 5.82 Å². The highest BCUT2D eigenvalue weighted by molar-refractivity contribution is 7.99. The summed E-state index contributed by atoms with van der Waals surface area (Å²) >= 11 is 3.13. The van der Waals surface area contributed by atoms with Gasteiger partial charge < -0.3 is 4.74 Å². The van der Waals surface area contributed by atoms with E-state index in [1.54, 1.807) is 34.7 Å². The number of esters is 1. The fraction of sp³-hybridized carbons (Fsp3) is 0.240. The first-order valence-corrected chi connectivity index (χ1v) is 13.5. The topological polar surface area (TPSA) is 83.7 Å². The van der Waals surface area contributed by atoms with E-state index in [2.05, 4.69) is 21.7 Å². The van der Waals surface area contributed by atoms with Crippen LogP contribution in [0.1, 0.15) is 17.8 Å². The number of carbonyl (C=O) groups excluding carboxylic acids is 1. The zero-order valence-corrected chi connectivity index (χ0v) is 22.2. The van der Waals surface area contributed by atoms with E-state index in [0.29, 0.717) is 17.2 Å². The second kappa shape index (κ2) is 10.9. The van der Waals surface area contributed by atoms with Crippen molar-refractivity contribution in [3.8, 4) is 11.3 Å². The molecular formula is C25H26FN7O2S2. The zero-order valence-electron chi connectivity index (χ0n) is 20.6. The molecule has 0 aliphatic carbocycles. The van der Waals surface area contributed by atoms with Crippen LogP contribution >= 0.6 is 24.1 Å². The summed E-state index contributed by atoms with van der Waals surface area (Å²) in [5, 5.41) is 8.17. The molecule has 4 aromatic rings. The van der Waals surface area contributed by atoms with Gasteiger partial charge in [-0.05, 0) is 60.7 Å². The minimum absolute atomic E-state index is 0.271. The number of nitrogens with zero attached hydrogens (tertiary/aromatic N) is 6. The molecular weight excluding hydrogens is 513 g/mol. The molecule has 0 saturated heterocycles. The fourth-order valence-corrected chi connectivity index (χ4v) is 5.30. The maximum atomic E-state index is 13.2. The Kier molecular flexibility index (Phi) is 7.40. The molecule has 3 aromatic heterocycles. The molecule has 0 radical (unpaired) electrons. The Morgan fingerprint density at radius 2 is 2.03 bits per heavy atom. The van der Waals surface area contributed by atoms with Crippen LogP contribution in [0.5, 0.6) is 0 Å². The fourth-order valence-electron chi connectivity index (χ4n) is 3.99. The lowest BCUT2D eigenvalue weighted by atomic mass is 10.1. The number of H-pyrrole nitrogens is 1. The Balaban J connectivity index is 1.46. The number of aromatic nitrogens is 5. The Morgan fingerprint density at radius 3 is 2.70 bits per heavy atom. The molecule has 9 nitrogen and oxygen atoms in total. The number of ether oxygens (including phenoxy) is 1. The molecule has 1 aliphatic rings. The van der Waals surface area contributed by atoms with Gasteiger partial charge in [-0.3, -0.25) is 9.40 Å². The summed E-state index contributed by atoms with van der Waals surface area (Å²) in [4.78, 5) is 16.5. The number of imidazole rings is 1. The predicted molar refractivity (Wildman–Crippen MR) is 147 cm³/mol. The first-order chi connectivity index (χ1) is 17.9. The third kappa shape index (κ3) is 5.45. The number of rotatable bonds is 8. The average molecular weight is 540 g/mol. The van der Waals surface area contributed by atoms with Gasteiger partial charge in [-0.2, -0.15) is 9.61 Å². The van der Waals surface area contributed by atoms with Crippen molar-refractivity contribution in [3.05, 3.63) is 72.0 Å². The highest BCUT2D eigenvalue weighted by Gasteiger charge is 2.20. The monoisotopic (exact) mass is 539 g/mol. The van der Waals surface area contributed by atoms with Gasteiger partial charge in [0.25, 0.3) is 0 Å². The lowest BCUT2D eigenvalue weighted by Crippen LogP contribution is -2.21. The summed E-state index contributed by atoms with van der Waals surface area (Å²) in [5.41, 5.74) is 5.12. The second-order valence-electron chi connectivity index (χ2n) is 8.28. The molecule has 4 heterocycles. The van der Waals surface area contributed by atoms with Gasteiger partial charge >= 0.3 is 5.97 Å². The molecule has 0 amide bonds. The number of nitrogens with one attached hydrogen (secondary N) is 1. The van der Waals surface area contributed by atoms with Crippen LogP contribution in [0.25, 0.3) is 28.6 Å². The van der Waals surface area contributed by atoms with Crippen molar-refractivity contribution in [3.63, 3.8) is 0 Å². The number of hydrogen-bond donors (Lipinski definition) is 1. The standard InChI is InChI=1S/C25H26FN7O2S2/c1-30(37-32-16-22(28-32)17-4-6-19(26)7-5-17)25-21(9-11-24(34)35-2)27-23-10-8-20(29-33(23)25)18-12-14-31(36-3)15-13-18/h4-12,16,28H,13-15H2,1-3H3/b11-9+. The molecule has 5 rings (SSSR count). The van der Waals surface area contributed by atoms with Crippen LogP contribution in [0.4, 0.5) is 10.2 Å². The summed E-state index contributed by atoms with van der Waals surface area (Å²) in [7, 11) is 3.24. The van der Waals surface area contributed by atoms with Crippen LogP contribution in [0.2, 0.25) is 0 Å². The van der Waals surface area contributed by atoms with Gasteiger partial charge in [0.2, 0.25) is 0 Å². The van der Waals surface area contributed by atoms with E-state index in [4.69, 9.17) is 14.8 Å². The summed E-state index contributed by atoms with van der Waals surface area (Å²) in [6.45, 7) is 1.84. The summed E-state index contributed by atoms with van der Waals surface area (Å²) in [6, 6.07) is 10.2. The van der Waals surface area contributed by atoms with E-state index >= 15 is 0 Å². The lowest BCUT2D eigenvalue weighted by molar-refractivity contribution is -0.134. The van der Waals surface area contributed by atoms with Crippen molar-refractivity contribution in [2.24, 2.45) is 0 Å². The van der Waals surface area contributed by atoms with Crippen molar-refractivity contribution in [2.45, 2.75) is 6.42 Å². The van der Waals surface area contributed by atoms with Crippen LogP contribution in [0.15, 0.2) is 54.7 Å². The molecule has 37 heavy (non-hydrogen) atoms. The van der Waals surface area contributed by atoms with Crippen molar-refractivity contribution in [1.82, 2.24) is 28.1 Å². The average Bonchev–Trinajstić information content (AvgIpc) is 3.27. The van der Waals surface area contributed by atoms with Crippen LogP contribution in [-0.2, 0) is 9.53 Å². The SMILES string of the molecule is COC(=O)/C=C/c1nc2ccc(C3=CCN(SC)CC3)nn2c1N(C)Sn1cc(-c2ccc(F)cc2)[nH]1. The molecule has 0 unspecified atom stereocenters. The van der Waals surface area contributed by atoms with E-state index in [1.165, 1.54) is 43.0 Å². The number of hydrogen-bond acceptors (Lipinski definition) is 8. The van der Waals surface area contributed by atoms with E-state index in [0.717, 1.165) is 36.5 Å². The highest BCUT2D eigenvalue weighted by Crippen LogP contribution is 2.31. The first-order valence-electron chi connectivity index (χ1n) is 11.5. The van der Waals surface area contributed by atoms with Crippen molar-refractivity contribution >= 4 is 53.2 Å². The van der Waals surface area contributed by atoms with Gasteiger partial charge in [-0.15, -0.1) is 0 Å². The zero-order chi connectivity index (χ0) is 25.9. The van der Waals surface area contributed by atoms with Gasteiger partial charge in [0.05, 0.1) is 36.8 Å². The molecule has 1 N–H and O–H groups in total. The highest BCUT2D eigenvalue weighted by atomic mass is 32.2. The third-order valence-electron chi connectivity index (χ3n) is 5.96. The number of methoxy groups -OCH3 is 1. The molecule has 0 bridgehead atoms. The molecule has 0 saturated carbocycles. The first kappa shape index (κ1) is 25.2. The number of fused-ring (bicyclic) bond motifs is 1. The largest absolute Gasteiger partial charge is 0.466 e. The smallest absolute Gasteiger partial charge is 0.330 e. The molecule has 12 heteroatoms. The Hall–Kier alpha value is -3.48. The number of benzene rings is 1. The minimum atomic E-state index is -0.464. The quantitative estimate of drug-likeness (QED) is 0.195. The maximum absolute atomic E-state index is 13.2. The second-order valence-corrected chi connectivity index (χ2v) is 10.3. The Morgan fingerprint density at radius 1 is 1.24 bits per heavy atom. The van der Waals surface area contributed by atoms with Crippen molar-refractivity contribution < 1.29 is 13.9 Å². The summed E-state index contributed by atoms with van der Waals surface area (Å²) < 4.78 is 25.9.